The van der Waals surface area contributed by atoms with Crippen molar-refractivity contribution in [2.24, 2.45) is 0 Å². The molecule has 0 saturated carbocycles. The molecule has 2 rings (SSSR count). The minimum atomic E-state index is -1.12. The van der Waals surface area contributed by atoms with Crippen LogP contribution in [0.2, 0.25) is 0 Å². The van der Waals surface area contributed by atoms with Crippen LogP contribution in [0.5, 0.6) is 0 Å². The van der Waals surface area contributed by atoms with Crippen LogP contribution in [0.4, 0.5) is 4.79 Å². The zero-order valence-electron chi connectivity index (χ0n) is 10.4. The quantitative estimate of drug-likeness (QED) is 0.645. The predicted molar refractivity (Wildman–Crippen MR) is 78.2 cm³/mol. The fourth-order valence-electron chi connectivity index (χ4n) is 1.71. The van der Waals surface area contributed by atoms with Crippen LogP contribution >= 0.6 is 11.8 Å². The Hall–Kier alpha value is -2.02. The first-order chi connectivity index (χ1) is 9.58. The van der Waals surface area contributed by atoms with E-state index < -0.39 is 17.8 Å². The summed E-state index contributed by atoms with van der Waals surface area (Å²) in [5, 5.41) is 12.2. The van der Waals surface area contributed by atoms with E-state index in [1.165, 1.54) is 11.8 Å². The normalized spacial score (nSPS) is 12.0. The van der Waals surface area contributed by atoms with Gasteiger partial charge in [0.15, 0.2) is 5.81 Å². The van der Waals surface area contributed by atoms with Gasteiger partial charge in [-0.25, -0.2) is 4.79 Å². The first kappa shape index (κ1) is 14.4. The summed E-state index contributed by atoms with van der Waals surface area (Å²) in [4.78, 5) is 26.9. The largest absolute Gasteiger partial charge is 0.480 e. The predicted octanol–water partition coefficient (Wildman–Crippen LogP) is 1.66. The summed E-state index contributed by atoms with van der Waals surface area (Å²) in [5.74, 6) is -1.80. The number of hydrogen-bond donors (Lipinski definition) is 2. The number of nitrogens with zero attached hydrogens (tertiary/aromatic N) is 1. The van der Waals surface area contributed by atoms with Gasteiger partial charge in [0.25, 0.3) is 0 Å². The van der Waals surface area contributed by atoms with Crippen LogP contribution in [0.15, 0.2) is 41.4 Å². The van der Waals surface area contributed by atoms with Gasteiger partial charge in [0, 0.05) is 22.2 Å². The lowest BCUT2D eigenvalue weighted by atomic mass is 10.1. The van der Waals surface area contributed by atoms with Crippen LogP contribution in [0, 0.1) is 0 Å². The Balaban J connectivity index is 2.15. The van der Waals surface area contributed by atoms with Gasteiger partial charge in [-0.2, -0.15) is 0 Å². The summed E-state index contributed by atoms with van der Waals surface area (Å²) < 4.78 is 0. The third-order valence-corrected chi connectivity index (χ3v) is 3.76. The molecule has 7 heteroatoms. The maximum atomic E-state index is 11.0. The minimum absolute atomic E-state index is 0.175. The summed E-state index contributed by atoms with van der Waals surface area (Å²) in [6.07, 6.45) is 1.68. The van der Waals surface area contributed by atoms with E-state index in [9.17, 15) is 9.59 Å². The summed E-state index contributed by atoms with van der Waals surface area (Å²) in [7, 11) is 4.96. The van der Waals surface area contributed by atoms with Crippen LogP contribution in [0.25, 0.3) is 10.9 Å². The number of carboxylic acids is 1. The number of carbonyl (C=O) groups is 2. The van der Waals surface area contributed by atoms with Crippen LogP contribution < -0.4 is 5.32 Å². The molecule has 2 aromatic rings. The molecule has 2 N–H and O–H groups in total. The molecule has 100 valence electrons. The Morgan fingerprint density at radius 1 is 1.35 bits per heavy atom. The van der Waals surface area contributed by atoms with Crippen molar-refractivity contribution in [3.05, 3.63) is 36.5 Å². The molecule has 1 aromatic heterocycles. The number of para-hydroxylation sites is 1. The third-order valence-electron chi connectivity index (χ3n) is 2.62. The number of carboxylic acid groups (broad SMARTS) is 1. The second kappa shape index (κ2) is 6.43. The monoisotopic (exact) mass is 286 g/mol. The third kappa shape index (κ3) is 3.51. The topological polar surface area (TPSA) is 79.3 Å². The molecule has 0 aliphatic heterocycles. The fourth-order valence-corrected chi connectivity index (χ4v) is 2.77. The zero-order chi connectivity index (χ0) is 14.5. The van der Waals surface area contributed by atoms with E-state index in [1.807, 2.05) is 30.3 Å². The van der Waals surface area contributed by atoms with E-state index in [-0.39, 0.29) is 5.75 Å². The first-order valence-electron chi connectivity index (χ1n) is 5.83. The number of benzene rings is 1. The molecule has 1 heterocycles. The lowest BCUT2D eigenvalue weighted by molar-refractivity contribution is -0.138. The Labute approximate surface area is 121 Å². The molecule has 2 radical (unpaired) electrons. The average Bonchev–Trinajstić information content (AvgIpc) is 2.42. The van der Waals surface area contributed by atoms with Crippen molar-refractivity contribution in [3.63, 3.8) is 0 Å². The van der Waals surface area contributed by atoms with Crippen LogP contribution in [0.1, 0.15) is 0 Å². The Morgan fingerprint density at radius 2 is 2.10 bits per heavy atom. The van der Waals surface area contributed by atoms with Gasteiger partial charge in [-0.3, -0.25) is 9.78 Å². The second-order valence-electron chi connectivity index (χ2n) is 4.04. The van der Waals surface area contributed by atoms with Crippen molar-refractivity contribution < 1.29 is 14.7 Å². The molecule has 0 bridgehead atoms. The van der Waals surface area contributed by atoms with E-state index in [0.29, 0.717) is 0 Å². The highest BCUT2D eigenvalue weighted by atomic mass is 32.2. The van der Waals surface area contributed by atoms with Crippen molar-refractivity contribution >= 4 is 42.3 Å². The summed E-state index contributed by atoms with van der Waals surface area (Å²) in [5.41, 5.74) is 0.809. The van der Waals surface area contributed by atoms with Crippen molar-refractivity contribution in [2.45, 2.75) is 10.9 Å². The molecule has 1 aromatic carbocycles. The standard InChI is InChI=1S/C13H11BN2O3S/c14-13(19)16-9(12(17)18)7-20-10-5-1-3-8-4-2-6-15-11(8)10/h1-6,9H,7H2,(H,16,19)(H,17,18). The molecule has 5 nitrogen and oxygen atoms in total. The van der Waals surface area contributed by atoms with E-state index in [1.54, 1.807) is 6.20 Å². The molecule has 0 saturated heterocycles. The van der Waals surface area contributed by atoms with E-state index in [0.717, 1.165) is 15.8 Å². The van der Waals surface area contributed by atoms with Crippen LogP contribution in [-0.2, 0) is 4.79 Å². The number of nitrogens with one attached hydrogen (secondary N) is 1. The maximum Gasteiger partial charge on any atom is 0.327 e. The second-order valence-corrected chi connectivity index (χ2v) is 5.10. The fraction of sp³-hybridized carbons (Fsp3) is 0.154. The number of carbonyl (C=O) groups excluding carboxylic acids is 1. The molecular weight excluding hydrogens is 275 g/mol. The lowest BCUT2D eigenvalue weighted by Gasteiger charge is -2.13. The van der Waals surface area contributed by atoms with Crippen molar-refractivity contribution in [2.75, 3.05) is 5.75 Å². The maximum absolute atomic E-state index is 11.0. The van der Waals surface area contributed by atoms with Gasteiger partial charge in [-0.15, -0.1) is 11.8 Å². The highest BCUT2D eigenvalue weighted by Crippen LogP contribution is 2.26. The SMILES string of the molecule is [B]C(=O)NC(CSc1cccc2cccnc12)C(=O)O. The molecule has 20 heavy (non-hydrogen) atoms. The summed E-state index contributed by atoms with van der Waals surface area (Å²) >= 11 is 1.31. The minimum Gasteiger partial charge on any atom is -0.480 e. The molecule has 0 fully saturated rings. The van der Waals surface area contributed by atoms with Gasteiger partial charge in [-0.05, 0) is 12.1 Å². The summed E-state index contributed by atoms with van der Waals surface area (Å²) in [6, 6.07) is 8.42. The number of pyridine rings is 1. The highest BCUT2D eigenvalue weighted by Gasteiger charge is 2.18. The number of hydrogen-bond acceptors (Lipinski definition) is 4. The van der Waals surface area contributed by atoms with Crippen LogP contribution in [-0.4, -0.2) is 41.5 Å². The zero-order valence-corrected chi connectivity index (χ0v) is 11.3. The Kier molecular flexibility index (Phi) is 4.63. The number of fused-ring (bicyclic) bond motifs is 1. The Bertz CT molecular complexity index is 645. The number of amides is 1. The van der Waals surface area contributed by atoms with Gasteiger partial charge in [0.05, 0.1) is 5.52 Å². The van der Waals surface area contributed by atoms with E-state index in [2.05, 4.69) is 10.3 Å². The first-order valence-corrected chi connectivity index (χ1v) is 6.82. The number of aliphatic carboxylic acids is 1. The van der Waals surface area contributed by atoms with Gasteiger partial charge < -0.3 is 10.4 Å². The number of aromatic nitrogens is 1. The van der Waals surface area contributed by atoms with Crippen molar-refractivity contribution in [1.29, 1.82) is 0 Å². The molecule has 0 spiro atoms. The molecule has 1 amide bonds. The molecule has 1 unspecified atom stereocenters. The van der Waals surface area contributed by atoms with Crippen molar-refractivity contribution in [1.82, 2.24) is 10.3 Å². The van der Waals surface area contributed by atoms with E-state index >= 15 is 0 Å². The van der Waals surface area contributed by atoms with Gasteiger partial charge in [0.1, 0.15) is 6.04 Å². The molecule has 0 aliphatic rings. The number of rotatable bonds is 5. The lowest BCUT2D eigenvalue weighted by Crippen LogP contribution is -2.42. The van der Waals surface area contributed by atoms with Gasteiger partial charge in [0.2, 0.25) is 7.85 Å². The van der Waals surface area contributed by atoms with E-state index in [4.69, 9.17) is 13.0 Å². The van der Waals surface area contributed by atoms with Crippen molar-refractivity contribution in [3.8, 4) is 0 Å². The van der Waals surface area contributed by atoms with Crippen LogP contribution in [0.3, 0.4) is 0 Å². The van der Waals surface area contributed by atoms with Gasteiger partial charge >= 0.3 is 5.97 Å². The highest BCUT2D eigenvalue weighted by molar-refractivity contribution is 7.99. The molecular formula is C13H11BN2O3S. The van der Waals surface area contributed by atoms with Gasteiger partial charge in [-0.1, -0.05) is 18.2 Å². The molecule has 1 atom stereocenters. The number of thioether (sulfide) groups is 1. The summed E-state index contributed by atoms with van der Waals surface area (Å²) in [6.45, 7) is 0. The average molecular weight is 286 g/mol. The smallest absolute Gasteiger partial charge is 0.327 e. The Morgan fingerprint density at radius 3 is 2.80 bits per heavy atom. The molecule has 0 aliphatic carbocycles.